The molecule has 1 aromatic heterocycles. The van der Waals surface area contributed by atoms with Crippen molar-refractivity contribution in [2.24, 2.45) is 0 Å². The maximum absolute atomic E-state index is 13.0. The van der Waals surface area contributed by atoms with E-state index in [1.165, 1.54) is 19.3 Å². The Hall–Kier alpha value is -2.63. The predicted molar refractivity (Wildman–Crippen MR) is 108 cm³/mol. The van der Waals surface area contributed by atoms with Crippen LogP contribution in [0.3, 0.4) is 0 Å². The number of carbonyl (C=O) groups excluding carboxylic acids is 1. The van der Waals surface area contributed by atoms with Gasteiger partial charge in [-0.15, -0.1) is 10.2 Å². The van der Waals surface area contributed by atoms with Gasteiger partial charge < -0.3 is 14.2 Å². The molecule has 2 aromatic rings. The summed E-state index contributed by atoms with van der Waals surface area (Å²) in [4.78, 5) is 15.0. The molecule has 2 aliphatic rings. The van der Waals surface area contributed by atoms with E-state index in [1.54, 1.807) is 6.08 Å². The van der Waals surface area contributed by atoms with Crippen LogP contribution in [0.1, 0.15) is 60.0 Å². The molecule has 1 atom stereocenters. The molecule has 0 radical (unpaired) electrons. The standard InChI is InChI=1S/C22H28N4O2/c1-2-15-28-19-11-9-17(10-12-19)22(27)25-13-6-7-18(16-25)21-24-23-20-8-4-3-5-14-26(20)21/h2,9-12,18H,1,3-8,13-16H2. The van der Waals surface area contributed by atoms with Crippen LogP contribution in [-0.2, 0) is 13.0 Å². The first kappa shape index (κ1) is 18.7. The summed E-state index contributed by atoms with van der Waals surface area (Å²) in [6.45, 7) is 6.63. The fourth-order valence-corrected chi connectivity index (χ4v) is 4.21. The van der Waals surface area contributed by atoms with Crippen molar-refractivity contribution in [3.05, 3.63) is 54.1 Å². The van der Waals surface area contributed by atoms with Crippen molar-refractivity contribution in [2.45, 2.75) is 51.0 Å². The van der Waals surface area contributed by atoms with Gasteiger partial charge in [-0.3, -0.25) is 4.79 Å². The van der Waals surface area contributed by atoms with Crippen molar-refractivity contribution in [1.82, 2.24) is 19.7 Å². The molecule has 6 nitrogen and oxygen atoms in total. The Morgan fingerprint density at radius 1 is 1.14 bits per heavy atom. The highest BCUT2D eigenvalue weighted by Crippen LogP contribution is 2.29. The second-order valence-corrected chi connectivity index (χ2v) is 7.65. The van der Waals surface area contributed by atoms with Gasteiger partial charge in [-0.1, -0.05) is 19.1 Å². The van der Waals surface area contributed by atoms with Gasteiger partial charge in [0.15, 0.2) is 0 Å². The Morgan fingerprint density at radius 2 is 2.00 bits per heavy atom. The summed E-state index contributed by atoms with van der Waals surface area (Å²) >= 11 is 0. The van der Waals surface area contributed by atoms with Crippen LogP contribution in [0.4, 0.5) is 0 Å². The molecule has 1 fully saturated rings. The van der Waals surface area contributed by atoms with E-state index in [-0.39, 0.29) is 11.8 Å². The highest BCUT2D eigenvalue weighted by atomic mass is 16.5. The second-order valence-electron chi connectivity index (χ2n) is 7.65. The van der Waals surface area contributed by atoms with Crippen LogP contribution in [0.5, 0.6) is 5.75 Å². The van der Waals surface area contributed by atoms with E-state index < -0.39 is 0 Å². The fourth-order valence-electron chi connectivity index (χ4n) is 4.21. The van der Waals surface area contributed by atoms with Gasteiger partial charge in [0, 0.05) is 37.5 Å². The lowest BCUT2D eigenvalue weighted by Gasteiger charge is -2.32. The molecule has 6 heteroatoms. The van der Waals surface area contributed by atoms with Crippen LogP contribution in [0.25, 0.3) is 0 Å². The molecule has 0 saturated carbocycles. The molecule has 4 rings (SSSR count). The first-order valence-corrected chi connectivity index (χ1v) is 10.3. The number of likely N-dealkylation sites (tertiary alicyclic amines) is 1. The van der Waals surface area contributed by atoms with Crippen molar-refractivity contribution in [3.63, 3.8) is 0 Å². The van der Waals surface area contributed by atoms with Crippen LogP contribution in [0.15, 0.2) is 36.9 Å². The largest absolute Gasteiger partial charge is 0.490 e. The number of aryl methyl sites for hydroxylation is 1. The number of carbonyl (C=O) groups is 1. The quantitative estimate of drug-likeness (QED) is 0.744. The van der Waals surface area contributed by atoms with Crippen LogP contribution < -0.4 is 4.74 Å². The molecular weight excluding hydrogens is 352 g/mol. The maximum Gasteiger partial charge on any atom is 0.253 e. The summed E-state index contributed by atoms with van der Waals surface area (Å²) in [5.41, 5.74) is 0.701. The van der Waals surface area contributed by atoms with Crippen LogP contribution in [-0.4, -0.2) is 45.3 Å². The molecule has 1 saturated heterocycles. The molecular formula is C22H28N4O2. The van der Waals surface area contributed by atoms with Crippen LogP contribution in [0.2, 0.25) is 0 Å². The third-order valence-electron chi connectivity index (χ3n) is 5.68. The lowest BCUT2D eigenvalue weighted by atomic mass is 9.96. The van der Waals surface area contributed by atoms with Crippen molar-refractivity contribution in [3.8, 4) is 5.75 Å². The van der Waals surface area contributed by atoms with E-state index in [4.69, 9.17) is 4.74 Å². The Balaban J connectivity index is 1.46. The van der Waals surface area contributed by atoms with Crippen molar-refractivity contribution in [2.75, 3.05) is 19.7 Å². The Bertz CT molecular complexity index is 828. The number of benzene rings is 1. The Labute approximate surface area is 166 Å². The monoisotopic (exact) mass is 380 g/mol. The molecule has 28 heavy (non-hydrogen) atoms. The minimum atomic E-state index is 0.0792. The van der Waals surface area contributed by atoms with Gasteiger partial charge in [0.1, 0.15) is 24.0 Å². The summed E-state index contributed by atoms with van der Waals surface area (Å²) in [5, 5.41) is 8.96. The van der Waals surface area contributed by atoms with Gasteiger partial charge >= 0.3 is 0 Å². The Morgan fingerprint density at radius 3 is 2.82 bits per heavy atom. The first-order valence-electron chi connectivity index (χ1n) is 10.3. The van der Waals surface area contributed by atoms with E-state index in [1.807, 2.05) is 29.2 Å². The lowest BCUT2D eigenvalue weighted by molar-refractivity contribution is 0.0703. The zero-order valence-corrected chi connectivity index (χ0v) is 16.3. The minimum absolute atomic E-state index is 0.0792. The van der Waals surface area contributed by atoms with Gasteiger partial charge in [-0.2, -0.15) is 0 Å². The topological polar surface area (TPSA) is 60.2 Å². The Kier molecular flexibility index (Phi) is 5.74. The minimum Gasteiger partial charge on any atom is -0.490 e. The molecule has 2 aliphatic heterocycles. The normalized spacial score (nSPS) is 19.6. The van der Waals surface area contributed by atoms with Gasteiger partial charge in [0.25, 0.3) is 5.91 Å². The average Bonchev–Trinajstić information content (AvgIpc) is 3.00. The van der Waals surface area contributed by atoms with Crippen LogP contribution in [0, 0.1) is 0 Å². The number of hydrogen-bond donors (Lipinski definition) is 0. The third kappa shape index (κ3) is 3.96. The molecule has 0 spiro atoms. The number of ether oxygens (including phenoxy) is 1. The molecule has 0 aliphatic carbocycles. The number of nitrogens with zero attached hydrogens (tertiary/aromatic N) is 4. The molecule has 1 amide bonds. The summed E-state index contributed by atoms with van der Waals surface area (Å²) in [6.07, 6.45) is 8.42. The van der Waals surface area contributed by atoms with E-state index in [9.17, 15) is 4.79 Å². The molecule has 1 aromatic carbocycles. The highest BCUT2D eigenvalue weighted by Gasteiger charge is 2.29. The first-order chi connectivity index (χ1) is 13.8. The van der Waals surface area contributed by atoms with Gasteiger partial charge in [0.05, 0.1) is 0 Å². The number of piperidine rings is 1. The average molecular weight is 380 g/mol. The van der Waals surface area contributed by atoms with E-state index >= 15 is 0 Å². The van der Waals surface area contributed by atoms with E-state index in [0.717, 1.165) is 49.8 Å². The SMILES string of the molecule is C=CCOc1ccc(C(=O)N2CCCC(c3nnc4n3CCCCC4)C2)cc1. The number of amides is 1. The zero-order chi connectivity index (χ0) is 19.3. The van der Waals surface area contributed by atoms with Crippen LogP contribution >= 0.6 is 0 Å². The number of fused-ring (bicyclic) bond motifs is 1. The van der Waals surface area contributed by atoms with Gasteiger partial charge in [-0.25, -0.2) is 0 Å². The highest BCUT2D eigenvalue weighted by molar-refractivity contribution is 5.94. The summed E-state index contributed by atoms with van der Waals surface area (Å²) in [6, 6.07) is 7.37. The zero-order valence-electron chi connectivity index (χ0n) is 16.3. The predicted octanol–water partition coefficient (Wildman–Crippen LogP) is 3.59. The number of rotatable bonds is 5. The fraction of sp³-hybridized carbons (Fsp3) is 0.500. The van der Waals surface area contributed by atoms with Crippen molar-refractivity contribution in [1.29, 1.82) is 0 Å². The smallest absolute Gasteiger partial charge is 0.253 e. The number of aromatic nitrogens is 3. The summed E-state index contributed by atoms with van der Waals surface area (Å²) < 4.78 is 7.82. The van der Waals surface area contributed by atoms with Crippen molar-refractivity contribution < 1.29 is 9.53 Å². The third-order valence-corrected chi connectivity index (χ3v) is 5.68. The van der Waals surface area contributed by atoms with E-state index in [2.05, 4.69) is 21.3 Å². The molecule has 0 bridgehead atoms. The molecule has 148 valence electrons. The van der Waals surface area contributed by atoms with Gasteiger partial charge in [0.2, 0.25) is 0 Å². The maximum atomic E-state index is 13.0. The molecule has 3 heterocycles. The van der Waals surface area contributed by atoms with E-state index in [0.29, 0.717) is 18.7 Å². The second kappa shape index (κ2) is 8.59. The summed E-state index contributed by atoms with van der Waals surface area (Å²) in [5.74, 6) is 3.29. The molecule has 1 unspecified atom stereocenters. The summed E-state index contributed by atoms with van der Waals surface area (Å²) in [7, 11) is 0. The van der Waals surface area contributed by atoms with Gasteiger partial charge in [-0.05, 0) is 49.9 Å². The lowest BCUT2D eigenvalue weighted by Crippen LogP contribution is -2.39. The number of hydrogen-bond acceptors (Lipinski definition) is 4. The molecule has 0 N–H and O–H groups in total. The van der Waals surface area contributed by atoms with Crippen molar-refractivity contribution >= 4 is 5.91 Å².